The van der Waals surface area contributed by atoms with E-state index in [0.717, 1.165) is 10.2 Å². The number of carbonyl (C=O) groups excluding carboxylic acids is 1. The number of carbonyl (C=O) groups is 1. The van der Waals surface area contributed by atoms with Crippen LogP contribution in [0.1, 0.15) is 36.7 Å². The maximum atomic E-state index is 12.1. The molecule has 0 unspecified atom stereocenters. The molecule has 0 spiro atoms. The van der Waals surface area contributed by atoms with Gasteiger partial charge < -0.3 is 5.32 Å². The molecule has 0 bridgehead atoms. The van der Waals surface area contributed by atoms with E-state index in [2.05, 4.69) is 52.9 Å². The van der Waals surface area contributed by atoms with Crippen LogP contribution in [-0.4, -0.2) is 11.0 Å². The molecule has 0 saturated carbocycles. The fourth-order valence-electron chi connectivity index (χ4n) is 2.04. The Labute approximate surface area is 156 Å². The van der Waals surface area contributed by atoms with Gasteiger partial charge in [0, 0.05) is 15.7 Å². The fraction of sp³-hybridized carbons (Fsp3) is 0.222. The maximum Gasteiger partial charge on any atom is 0.269 e. The average molecular weight is 406 g/mol. The number of nitrogens with one attached hydrogen (secondary N) is 3. The highest BCUT2D eigenvalue weighted by Crippen LogP contribution is 2.22. The highest BCUT2D eigenvalue weighted by Gasteiger charge is 2.14. The summed E-state index contributed by atoms with van der Waals surface area (Å²) in [7, 11) is 0. The molecular weight excluding hydrogens is 386 g/mol. The van der Waals surface area contributed by atoms with Crippen LogP contribution in [0.5, 0.6) is 0 Å². The SMILES string of the molecule is CC(C)(C)c1ccc(C(=O)NNC(=S)Nc2cccc(Br)c2)cc1. The molecule has 0 aliphatic rings. The third-order valence-corrected chi connectivity index (χ3v) is 4.08. The van der Waals surface area contributed by atoms with E-state index in [9.17, 15) is 4.79 Å². The molecule has 0 aliphatic heterocycles. The number of hydrogen-bond acceptors (Lipinski definition) is 2. The minimum absolute atomic E-state index is 0.0582. The topological polar surface area (TPSA) is 53.2 Å². The Bertz CT molecular complexity index is 739. The largest absolute Gasteiger partial charge is 0.331 e. The molecule has 126 valence electrons. The van der Waals surface area contributed by atoms with Gasteiger partial charge >= 0.3 is 0 Å². The predicted octanol–water partition coefficient (Wildman–Crippen LogP) is 4.38. The van der Waals surface area contributed by atoms with Crippen LogP contribution in [0.2, 0.25) is 0 Å². The van der Waals surface area contributed by atoms with Gasteiger partial charge in [0.2, 0.25) is 0 Å². The molecule has 6 heteroatoms. The summed E-state index contributed by atoms with van der Waals surface area (Å²) < 4.78 is 0.943. The number of benzene rings is 2. The van der Waals surface area contributed by atoms with Gasteiger partial charge in [0.25, 0.3) is 5.91 Å². The van der Waals surface area contributed by atoms with E-state index in [1.54, 1.807) is 0 Å². The third kappa shape index (κ3) is 5.32. The first-order valence-electron chi connectivity index (χ1n) is 7.49. The van der Waals surface area contributed by atoms with E-state index in [0.29, 0.717) is 10.7 Å². The molecule has 0 saturated heterocycles. The van der Waals surface area contributed by atoms with Crippen molar-refractivity contribution in [1.82, 2.24) is 10.9 Å². The number of rotatable bonds is 2. The van der Waals surface area contributed by atoms with Crippen molar-refractivity contribution in [2.24, 2.45) is 0 Å². The molecule has 0 aromatic heterocycles. The summed E-state index contributed by atoms with van der Waals surface area (Å²) in [6.45, 7) is 6.40. The van der Waals surface area contributed by atoms with Crippen LogP contribution in [0.25, 0.3) is 0 Å². The summed E-state index contributed by atoms with van der Waals surface area (Å²) in [6, 6.07) is 15.1. The van der Waals surface area contributed by atoms with Gasteiger partial charge in [-0.1, -0.05) is 54.9 Å². The predicted molar refractivity (Wildman–Crippen MR) is 106 cm³/mol. The highest BCUT2D eigenvalue weighted by atomic mass is 79.9. The van der Waals surface area contributed by atoms with Crippen molar-refractivity contribution in [3.05, 3.63) is 64.1 Å². The minimum atomic E-state index is -0.242. The summed E-state index contributed by atoms with van der Waals surface area (Å²) in [4.78, 5) is 12.1. The molecule has 2 rings (SSSR count). The molecule has 2 aromatic rings. The summed E-state index contributed by atoms with van der Waals surface area (Å²) in [5.41, 5.74) is 7.92. The second-order valence-electron chi connectivity index (χ2n) is 6.37. The van der Waals surface area contributed by atoms with Gasteiger partial charge in [-0.3, -0.25) is 15.6 Å². The Kier molecular flexibility index (Phi) is 5.96. The molecule has 24 heavy (non-hydrogen) atoms. The van der Waals surface area contributed by atoms with Crippen molar-refractivity contribution in [3.8, 4) is 0 Å². The summed E-state index contributed by atoms with van der Waals surface area (Å²) in [6.07, 6.45) is 0. The molecule has 4 nitrogen and oxygen atoms in total. The lowest BCUT2D eigenvalue weighted by Crippen LogP contribution is -2.43. The van der Waals surface area contributed by atoms with Crippen molar-refractivity contribution in [1.29, 1.82) is 0 Å². The van der Waals surface area contributed by atoms with E-state index >= 15 is 0 Å². The van der Waals surface area contributed by atoms with Crippen LogP contribution < -0.4 is 16.2 Å². The second-order valence-corrected chi connectivity index (χ2v) is 7.69. The van der Waals surface area contributed by atoms with E-state index in [-0.39, 0.29) is 11.3 Å². The molecule has 0 radical (unpaired) electrons. The van der Waals surface area contributed by atoms with Crippen molar-refractivity contribution in [3.63, 3.8) is 0 Å². The van der Waals surface area contributed by atoms with Crippen molar-refractivity contribution in [2.75, 3.05) is 5.32 Å². The van der Waals surface area contributed by atoms with Crippen molar-refractivity contribution < 1.29 is 4.79 Å². The Balaban J connectivity index is 1.89. The van der Waals surface area contributed by atoms with Gasteiger partial charge in [-0.2, -0.15) is 0 Å². The molecule has 0 aliphatic carbocycles. The standard InChI is InChI=1S/C18H20BrN3OS/c1-18(2,3)13-9-7-12(8-10-13)16(23)21-22-17(24)20-15-6-4-5-14(19)11-15/h4-11H,1-3H3,(H,21,23)(H2,20,22,24). The van der Waals surface area contributed by atoms with Gasteiger partial charge in [-0.15, -0.1) is 0 Å². The zero-order chi connectivity index (χ0) is 17.7. The molecule has 0 fully saturated rings. The van der Waals surface area contributed by atoms with Gasteiger partial charge in [-0.25, -0.2) is 0 Å². The molecule has 0 atom stereocenters. The van der Waals surface area contributed by atoms with Crippen molar-refractivity contribution in [2.45, 2.75) is 26.2 Å². The number of halogens is 1. The first-order chi connectivity index (χ1) is 11.3. The Hall–Kier alpha value is -1.92. The lowest BCUT2D eigenvalue weighted by molar-refractivity contribution is 0.0944. The second kappa shape index (κ2) is 7.77. The number of anilines is 1. The monoisotopic (exact) mass is 405 g/mol. The Morgan fingerprint density at radius 1 is 1.04 bits per heavy atom. The van der Waals surface area contributed by atoms with E-state index in [4.69, 9.17) is 12.2 Å². The summed E-state index contributed by atoms with van der Waals surface area (Å²) >= 11 is 8.56. The van der Waals surface area contributed by atoms with Crippen LogP contribution in [0.3, 0.4) is 0 Å². The molecule has 1 amide bonds. The molecule has 0 heterocycles. The van der Waals surface area contributed by atoms with E-state index in [1.807, 2.05) is 48.5 Å². The number of hydrazine groups is 1. The molecular formula is C18H20BrN3OS. The fourth-order valence-corrected chi connectivity index (χ4v) is 2.60. The lowest BCUT2D eigenvalue weighted by Gasteiger charge is -2.19. The van der Waals surface area contributed by atoms with E-state index < -0.39 is 0 Å². The van der Waals surface area contributed by atoms with Crippen LogP contribution in [0.15, 0.2) is 53.0 Å². The summed E-state index contributed by atoms with van der Waals surface area (Å²) in [5.74, 6) is -0.242. The maximum absolute atomic E-state index is 12.1. The normalized spacial score (nSPS) is 10.8. The first-order valence-corrected chi connectivity index (χ1v) is 8.69. The zero-order valence-electron chi connectivity index (χ0n) is 13.8. The van der Waals surface area contributed by atoms with Crippen LogP contribution >= 0.6 is 28.1 Å². The van der Waals surface area contributed by atoms with Crippen LogP contribution in [0, 0.1) is 0 Å². The van der Waals surface area contributed by atoms with Crippen LogP contribution in [-0.2, 0) is 5.41 Å². The minimum Gasteiger partial charge on any atom is -0.331 e. The highest BCUT2D eigenvalue weighted by molar-refractivity contribution is 9.10. The van der Waals surface area contributed by atoms with Gasteiger partial charge in [0.15, 0.2) is 5.11 Å². The molecule has 2 aromatic carbocycles. The van der Waals surface area contributed by atoms with Crippen LogP contribution in [0.4, 0.5) is 5.69 Å². The smallest absolute Gasteiger partial charge is 0.269 e. The Morgan fingerprint density at radius 3 is 2.29 bits per heavy atom. The zero-order valence-corrected chi connectivity index (χ0v) is 16.2. The van der Waals surface area contributed by atoms with Gasteiger partial charge in [0.1, 0.15) is 0 Å². The first kappa shape index (κ1) is 18.4. The van der Waals surface area contributed by atoms with E-state index in [1.165, 1.54) is 5.56 Å². The van der Waals surface area contributed by atoms with Gasteiger partial charge in [0.05, 0.1) is 0 Å². The number of thiocarbonyl (C=S) groups is 1. The quantitative estimate of drug-likeness (QED) is 0.512. The lowest BCUT2D eigenvalue weighted by atomic mass is 9.87. The molecule has 3 N–H and O–H groups in total. The Morgan fingerprint density at radius 2 is 1.71 bits per heavy atom. The van der Waals surface area contributed by atoms with Gasteiger partial charge in [-0.05, 0) is 53.5 Å². The number of hydrogen-bond donors (Lipinski definition) is 3. The average Bonchev–Trinajstić information content (AvgIpc) is 2.52. The van der Waals surface area contributed by atoms with Crippen molar-refractivity contribution >= 4 is 44.9 Å². The summed E-state index contributed by atoms with van der Waals surface area (Å²) in [5, 5.41) is 3.31. The third-order valence-electron chi connectivity index (χ3n) is 3.39. The number of amides is 1.